The Bertz CT molecular complexity index is 626. The number of amides is 1. The summed E-state index contributed by atoms with van der Waals surface area (Å²) in [4.78, 5) is 12.3. The van der Waals surface area contributed by atoms with Crippen molar-refractivity contribution in [3.8, 4) is 0 Å². The fraction of sp³-hybridized carbons (Fsp3) is 0.400. The van der Waals surface area contributed by atoms with Gasteiger partial charge in [0.05, 0.1) is 0 Å². The molecule has 0 aliphatic heterocycles. The number of hydrogen-bond donors (Lipinski definition) is 1. The molecule has 2 aromatic rings. The fourth-order valence-electron chi connectivity index (χ4n) is 2.73. The Hall–Kier alpha value is -1.29. The second-order valence-corrected chi connectivity index (χ2v) is 6.07. The molecule has 1 heterocycles. The molecule has 1 aromatic heterocycles. The maximum atomic E-state index is 12.3. The van der Waals surface area contributed by atoms with Crippen LogP contribution in [0.15, 0.2) is 27.1 Å². The number of nitrogens with one attached hydrogen (secondary N) is 1. The largest absolute Gasteiger partial charge is 0.451 e. The van der Waals surface area contributed by atoms with E-state index < -0.39 is 0 Å². The van der Waals surface area contributed by atoms with E-state index in [0.717, 1.165) is 33.8 Å². The molecule has 0 saturated heterocycles. The summed E-state index contributed by atoms with van der Waals surface area (Å²) in [5, 5.41) is 4.06. The number of halogens is 1. The number of aryl methyl sites for hydroxylation is 1. The van der Waals surface area contributed by atoms with E-state index >= 15 is 0 Å². The number of hydrogen-bond acceptors (Lipinski definition) is 2. The Balaban J connectivity index is 1.91. The lowest BCUT2D eigenvalue weighted by Crippen LogP contribution is -2.32. The van der Waals surface area contributed by atoms with Gasteiger partial charge in [0.2, 0.25) is 0 Å². The van der Waals surface area contributed by atoms with Gasteiger partial charge >= 0.3 is 0 Å². The highest BCUT2D eigenvalue weighted by Gasteiger charge is 2.22. The van der Waals surface area contributed by atoms with E-state index in [9.17, 15) is 4.79 Å². The predicted molar refractivity (Wildman–Crippen MR) is 78.4 cm³/mol. The second-order valence-electron chi connectivity index (χ2n) is 5.15. The average molecular weight is 322 g/mol. The predicted octanol–water partition coefficient (Wildman–Crippen LogP) is 4.18. The molecule has 100 valence electrons. The standard InChI is InChI=1S/C15H16BrNO2/c1-9-12-8-10(16)6-7-13(12)19-14(9)15(18)17-11-4-2-3-5-11/h6-8,11H,2-5H2,1H3,(H,17,18). The maximum Gasteiger partial charge on any atom is 0.287 e. The van der Waals surface area contributed by atoms with Crippen LogP contribution >= 0.6 is 15.9 Å². The van der Waals surface area contributed by atoms with Crippen molar-refractivity contribution in [2.45, 2.75) is 38.6 Å². The normalized spacial score (nSPS) is 16.1. The van der Waals surface area contributed by atoms with Crippen LogP contribution in [0.25, 0.3) is 11.0 Å². The van der Waals surface area contributed by atoms with Gasteiger partial charge in [0, 0.05) is 21.5 Å². The third kappa shape index (κ3) is 2.41. The summed E-state index contributed by atoms with van der Waals surface area (Å²) in [5.41, 5.74) is 1.67. The molecule has 0 spiro atoms. The van der Waals surface area contributed by atoms with Crippen molar-refractivity contribution in [2.24, 2.45) is 0 Å². The van der Waals surface area contributed by atoms with Crippen LogP contribution in [0.3, 0.4) is 0 Å². The summed E-state index contributed by atoms with van der Waals surface area (Å²) in [6, 6.07) is 6.11. The first-order valence-electron chi connectivity index (χ1n) is 6.64. The van der Waals surface area contributed by atoms with Gasteiger partial charge in [-0.25, -0.2) is 0 Å². The van der Waals surface area contributed by atoms with Crippen molar-refractivity contribution in [3.63, 3.8) is 0 Å². The minimum atomic E-state index is -0.0864. The summed E-state index contributed by atoms with van der Waals surface area (Å²) < 4.78 is 6.69. The van der Waals surface area contributed by atoms with Crippen LogP contribution in [0.4, 0.5) is 0 Å². The monoisotopic (exact) mass is 321 g/mol. The highest BCUT2D eigenvalue weighted by Crippen LogP contribution is 2.28. The van der Waals surface area contributed by atoms with Gasteiger partial charge in [0.25, 0.3) is 5.91 Å². The van der Waals surface area contributed by atoms with Crippen LogP contribution in [0.5, 0.6) is 0 Å². The van der Waals surface area contributed by atoms with Gasteiger partial charge in [-0.1, -0.05) is 28.8 Å². The van der Waals surface area contributed by atoms with Crippen molar-refractivity contribution >= 4 is 32.8 Å². The molecular formula is C15H16BrNO2. The Labute approximate surface area is 120 Å². The molecular weight excluding hydrogens is 306 g/mol. The van der Waals surface area contributed by atoms with Crippen molar-refractivity contribution < 1.29 is 9.21 Å². The summed E-state index contributed by atoms with van der Waals surface area (Å²) in [6.07, 6.45) is 4.57. The number of benzene rings is 1. The minimum absolute atomic E-state index is 0.0864. The lowest BCUT2D eigenvalue weighted by Gasteiger charge is -2.10. The molecule has 3 rings (SSSR count). The Morgan fingerprint density at radius 2 is 2.11 bits per heavy atom. The number of rotatable bonds is 2. The van der Waals surface area contributed by atoms with E-state index in [1.807, 2.05) is 25.1 Å². The number of fused-ring (bicyclic) bond motifs is 1. The molecule has 0 unspecified atom stereocenters. The Morgan fingerprint density at radius 3 is 2.84 bits per heavy atom. The summed E-state index contributed by atoms with van der Waals surface area (Å²) in [7, 11) is 0. The quantitative estimate of drug-likeness (QED) is 0.901. The van der Waals surface area contributed by atoms with Crippen LogP contribution in [0, 0.1) is 6.92 Å². The first kappa shape index (κ1) is 12.7. The zero-order valence-corrected chi connectivity index (χ0v) is 12.4. The number of carbonyl (C=O) groups excluding carboxylic acids is 1. The van der Waals surface area contributed by atoms with Crippen LogP contribution in [-0.2, 0) is 0 Å². The maximum absolute atomic E-state index is 12.3. The zero-order valence-electron chi connectivity index (χ0n) is 10.8. The second kappa shape index (κ2) is 5.00. The molecule has 1 amide bonds. The lowest BCUT2D eigenvalue weighted by atomic mass is 10.1. The molecule has 0 bridgehead atoms. The van der Waals surface area contributed by atoms with Crippen molar-refractivity contribution in [3.05, 3.63) is 34.0 Å². The summed E-state index contributed by atoms with van der Waals surface area (Å²) in [5.74, 6) is 0.358. The van der Waals surface area contributed by atoms with Crippen LogP contribution < -0.4 is 5.32 Å². The highest BCUT2D eigenvalue weighted by atomic mass is 79.9. The first-order chi connectivity index (χ1) is 9.15. The van der Waals surface area contributed by atoms with Gasteiger partial charge in [-0.3, -0.25) is 4.79 Å². The van der Waals surface area contributed by atoms with Gasteiger partial charge in [0.1, 0.15) is 5.58 Å². The molecule has 19 heavy (non-hydrogen) atoms. The van der Waals surface area contributed by atoms with Crippen molar-refractivity contribution in [1.82, 2.24) is 5.32 Å². The molecule has 1 N–H and O–H groups in total. The van der Waals surface area contributed by atoms with Gasteiger partial charge in [0.15, 0.2) is 5.76 Å². The van der Waals surface area contributed by atoms with E-state index in [1.165, 1.54) is 12.8 Å². The minimum Gasteiger partial charge on any atom is -0.451 e. The zero-order chi connectivity index (χ0) is 13.4. The van der Waals surface area contributed by atoms with Gasteiger partial charge < -0.3 is 9.73 Å². The molecule has 1 fully saturated rings. The van der Waals surface area contributed by atoms with E-state index in [0.29, 0.717) is 11.8 Å². The van der Waals surface area contributed by atoms with E-state index in [1.54, 1.807) is 0 Å². The Morgan fingerprint density at radius 1 is 1.37 bits per heavy atom. The van der Waals surface area contributed by atoms with Crippen molar-refractivity contribution in [1.29, 1.82) is 0 Å². The molecule has 1 saturated carbocycles. The molecule has 0 radical (unpaired) electrons. The molecule has 1 aromatic carbocycles. The molecule has 0 atom stereocenters. The molecule has 1 aliphatic carbocycles. The summed E-state index contributed by atoms with van der Waals surface area (Å²) in [6.45, 7) is 1.93. The third-order valence-corrected chi connectivity index (χ3v) is 4.29. The van der Waals surface area contributed by atoms with Crippen LogP contribution in [-0.4, -0.2) is 11.9 Å². The van der Waals surface area contributed by atoms with E-state index in [2.05, 4.69) is 21.2 Å². The summed E-state index contributed by atoms with van der Waals surface area (Å²) >= 11 is 3.44. The number of carbonyl (C=O) groups is 1. The molecule has 1 aliphatic rings. The lowest BCUT2D eigenvalue weighted by molar-refractivity contribution is 0.0911. The van der Waals surface area contributed by atoms with E-state index in [-0.39, 0.29) is 5.91 Å². The van der Waals surface area contributed by atoms with Crippen molar-refractivity contribution in [2.75, 3.05) is 0 Å². The van der Waals surface area contributed by atoms with Crippen LogP contribution in [0.2, 0.25) is 0 Å². The average Bonchev–Trinajstić information content (AvgIpc) is 2.98. The fourth-order valence-corrected chi connectivity index (χ4v) is 3.09. The molecule has 4 heteroatoms. The number of furan rings is 1. The topological polar surface area (TPSA) is 42.2 Å². The van der Waals surface area contributed by atoms with Gasteiger partial charge in [-0.05, 0) is 38.0 Å². The van der Waals surface area contributed by atoms with E-state index in [4.69, 9.17) is 4.42 Å². The van der Waals surface area contributed by atoms with Crippen LogP contribution in [0.1, 0.15) is 41.8 Å². The SMILES string of the molecule is Cc1c(C(=O)NC2CCCC2)oc2ccc(Br)cc12. The third-order valence-electron chi connectivity index (χ3n) is 3.79. The van der Waals surface area contributed by atoms with Gasteiger partial charge in [-0.15, -0.1) is 0 Å². The first-order valence-corrected chi connectivity index (χ1v) is 7.44. The highest BCUT2D eigenvalue weighted by molar-refractivity contribution is 9.10. The van der Waals surface area contributed by atoms with Gasteiger partial charge in [-0.2, -0.15) is 0 Å². The molecule has 3 nitrogen and oxygen atoms in total. The smallest absolute Gasteiger partial charge is 0.287 e. The Kier molecular flexibility index (Phi) is 3.35.